The summed E-state index contributed by atoms with van der Waals surface area (Å²) in [6, 6.07) is 1.60. The van der Waals surface area contributed by atoms with Gasteiger partial charge < -0.3 is 15.0 Å². The van der Waals surface area contributed by atoms with E-state index in [-0.39, 0.29) is 0 Å². The van der Waals surface area contributed by atoms with E-state index in [0.717, 1.165) is 6.54 Å². The summed E-state index contributed by atoms with van der Waals surface area (Å²) in [5, 5.41) is 11.8. The Kier molecular flexibility index (Phi) is 4.12. The Morgan fingerprint density at radius 3 is 2.62 bits per heavy atom. The molecule has 16 heavy (non-hydrogen) atoms. The Balaban J connectivity index is 2.71. The Labute approximate surface area is 96.3 Å². The van der Waals surface area contributed by atoms with Crippen LogP contribution >= 0.6 is 0 Å². The highest BCUT2D eigenvalue weighted by molar-refractivity contribution is 5.72. The molecule has 1 heterocycles. The lowest BCUT2D eigenvalue weighted by Crippen LogP contribution is -2.33. The minimum Gasteiger partial charge on any atom is -0.480 e. The molecule has 0 radical (unpaired) electrons. The van der Waals surface area contributed by atoms with E-state index in [1.807, 2.05) is 0 Å². The number of carboxylic acid groups (broad SMARTS) is 1. The van der Waals surface area contributed by atoms with E-state index in [4.69, 9.17) is 5.11 Å². The molecule has 1 aromatic heterocycles. The van der Waals surface area contributed by atoms with Crippen LogP contribution in [0.3, 0.4) is 0 Å². The van der Waals surface area contributed by atoms with Crippen LogP contribution in [-0.2, 0) is 17.9 Å². The van der Waals surface area contributed by atoms with E-state index in [9.17, 15) is 4.79 Å². The molecular formula is C12H20N2O2. The van der Waals surface area contributed by atoms with Crippen LogP contribution in [0, 0.1) is 13.8 Å². The molecule has 1 unspecified atom stereocenters. The van der Waals surface area contributed by atoms with Crippen molar-refractivity contribution in [2.45, 2.75) is 46.8 Å². The first-order valence-electron chi connectivity index (χ1n) is 5.59. The molecular weight excluding hydrogens is 204 g/mol. The molecule has 0 aliphatic rings. The molecule has 0 aliphatic carbocycles. The maximum atomic E-state index is 10.7. The van der Waals surface area contributed by atoms with E-state index in [1.165, 1.54) is 17.0 Å². The third kappa shape index (κ3) is 2.64. The highest BCUT2D eigenvalue weighted by Crippen LogP contribution is 2.14. The summed E-state index contributed by atoms with van der Waals surface area (Å²) in [6.07, 6.45) is 0. The third-order valence-electron chi connectivity index (χ3n) is 2.96. The van der Waals surface area contributed by atoms with Crippen molar-refractivity contribution in [2.75, 3.05) is 0 Å². The molecule has 0 aliphatic heterocycles. The van der Waals surface area contributed by atoms with Crippen LogP contribution in [0.2, 0.25) is 0 Å². The van der Waals surface area contributed by atoms with Gasteiger partial charge in [-0.05, 0) is 39.3 Å². The molecule has 0 spiro atoms. The molecule has 0 amide bonds. The molecule has 1 atom stereocenters. The summed E-state index contributed by atoms with van der Waals surface area (Å²) in [6.45, 7) is 9.46. The second-order valence-electron chi connectivity index (χ2n) is 4.08. The summed E-state index contributed by atoms with van der Waals surface area (Å²) >= 11 is 0. The Morgan fingerprint density at radius 2 is 2.19 bits per heavy atom. The van der Waals surface area contributed by atoms with Crippen molar-refractivity contribution in [3.8, 4) is 0 Å². The molecule has 0 saturated heterocycles. The second-order valence-corrected chi connectivity index (χ2v) is 4.08. The predicted molar refractivity (Wildman–Crippen MR) is 63.5 cm³/mol. The van der Waals surface area contributed by atoms with E-state index in [1.54, 1.807) is 6.92 Å². The van der Waals surface area contributed by atoms with Gasteiger partial charge in [0.25, 0.3) is 0 Å². The number of aliphatic carboxylic acids is 1. The summed E-state index contributed by atoms with van der Waals surface area (Å²) in [5.41, 5.74) is 3.61. The summed E-state index contributed by atoms with van der Waals surface area (Å²) in [7, 11) is 0. The van der Waals surface area contributed by atoms with E-state index in [2.05, 4.69) is 36.7 Å². The van der Waals surface area contributed by atoms with Crippen molar-refractivity contribution in [1.29, 1.82) is 0 Å². The van der Waals surface area contributed by atoms with Crippen molar-refractivity contribution in [3.05, 3.63) is 23.0 Å². The molecule has 2 N–H and O–H groups in total. The predicted octanol–water partition coefficient (Wildman–Crippen LogP) is 1.69. The summed E-state index contributed by atoms with van der Waals surface area (Å²) in [4.78, 5) is 10.7. The summed E-state index contributed by atoms with van der Waals surface area (Å²) in [5.74, 6) is -0.815. The van der Waals surface area contributed by atoms with Crippen LogP contribution < -0.4 is 5.32 Å². The van der Waals surface area contributed by atoms with Gasteiger partial charge in [-0.25, -0.2) is 0 Å². The SMILES string of the molecule is CCn1c(C)cc(CNC(C)C(=O)O)c1C. The van der Waals surface area contributed by atoms with Crippen molar-refractivity contribution in [2.24, 2.45) is 0 Å². The van der Waals surface area contributed by atoms with Crippen LogP contribution in [0.15, 0.2) is 6.07 Å². The molecule has 4 heteroatoms. The number of nitrogens with zero attached hydrogens (tertiary/aromatic N) is 1. The van der Waals surface area contributed by atoms with Crippen LogP contribution in [0.4, 0.5) is 0 Å². The normalized spacial score (nSPS) is 12.8. The van der Waals surface area contributed by atoms with Crippen LogP contribution in [0.25, 0.3) is 0 Å². The Bertz CT molecular complexity index is 383. The fraction of sp³-hybridized carbons (Fsp3) is 0.583. The lowest BCUT2D eigenvalue weighted by atomic mass is 10.2. The highest BCUT2D eigenvalue weighted by atomic mass is 16.4. The monoisotopic (exact) mass is 224 g/mol. The minimum absolute atomic E-state index is 0.510. The van der Waals surface area contributed by atoms with Crippen LogP contribution in [0.5, 0.6) is 0 Å². The van der Waals surface area contributed by atoms with E-state index < -0.39 is 12.0 Å². The van der Waals surface area contributed by atoms with Gasteiger partial charge in [0, 0.05) is 24.5 Å². The number of carbonyl (C=O) groups is 1. The second kappa shape index (κ2) is 5.16. The Morgan fingerprint density at radius 1 is 1.56 bits per heavy atom. The summed E-state index contributed by atoms with van der Waals surface area (Å²) < 4.78 is 2.22. The van der Waals surface area contributed by atoms with E-state index in [0.29, 0.717) is 6.54 Å². The maximum absolute atomic E-state index is 10.7. The van der Waals surface area contributed by atoms with Crippen LogP contribution in [-0.4, -0.2) is 21.7 Å². The van der Waals surface area contributed by atoms with Gasteiger partial charge in [-0.3, -0.25) is 4.79 Å². The number of aryl methyl sites for hydroxylation is 1. The smallest absolute Gasteiger partial charge is 0.320 e. The van der Waals surface area contributed by atoms with Crippen LogP contribution in [0.1, 0.15) is 30.8 Å². The number of hydrogen-bond acceptors (Lipinski definition) is 2. The first kappa shape index (κ1) is 12.8. The Hall–Kier alpha value is -1.29. The first-order chi connectivity index (χ1) is 7.47. The van der Waals surface area contributed by atoms with Gasteiger partial charge in [0.2, 0.25) is 0 Å². The molecule has 0 fully saturated rings. The fourth-order valence-electron chi connectivity index (χ4n) is 1.89. The van der Waals surface area contributed by atoms with Crippen molar-refractivity contribution in [3.63, 3.8) is 0 Å². The molecule has 1 aromatic rings. The minimum atomic E-state index is -0.815. The molecule has 0 aromatic carbocycles. The third-order valence-corrected chi connectivity index (χ3v) is 2.96. The largest absolute Gasteiger partial charge is 0.480 e. The van der Waals surface area contributed by atoms with Gasteiger partial charge in [-0.1, -0.05) is 0 Å². The van der Waals surface area contributed by atoms with Gasteiger partial charge in [0.1, 0.15) is 6.04 Å². The standard InChI is InChI=1S/C12H20N2O2/c1-5-14-8(2)6-11(10(14)4)7-13-9(3)12(15)16/h6,9,13H,5,7H2,1-4H3,(H,15,16). The number of carboxylic acids is 1. The fourth-order valence-corrected chi connectivity index (χ4v) is 1.89. The maximum Gasteiger partial charge on any atom is 0.320 e. The number of rotatable bonds is 5. The number of aromatic nitrogens is 1. The molecule has 4 nitrogen and oxygen atoms in total. The number of nitrogens with one attached hydrogen (secondary N) is 1. The molecule has 0 bridgehead atoms. The van der Waals surface area contributed by atoms with Crippen molar-refractivity contribution >= 4 is 5.97 Å². The van der Waals surface area contributed by atoms with Gasteiger partial charge >= 0.3 is 5.97 Å². The zero-order chi connectivity index (χ0) is 12.3. The van der Waals surface area contributed by atoms with Gasteiger partial charge in [0.05, 0.1) is 0 Å². The lowest BCUT2D eigenvalue weighted by molar-refractivity contribution is -0.139. The van der Waals surface area contributed by atoms with Crippen molar-refractivity contribution < 1.29 is 9.90 Å². The van der Waals surface area contributed by atoms with Crippen molar-refractivity contribution in [1.82, 2.24) is 9.88 Å². The first-order valence-corrected chi connectivity index (χ1v) is 5.59. The zero-order valence-corrected chi connectivity index (χ0v) is 10.4. The van der Waals surface area contributed by atoms with Gasteiger partial charge in [0.15, 0.2) is 0 Å². The molecule has 90 valence electrons. The van der Waals surface area contributed by atoms with E-state index >= 15 is 0 Å². The molecule has 1 rings (SSSR count). The van der Waals surface area contributed by atoms with Gasteiger partial charge in [-0.15, -0.1) is 0 Å². The quantitative estimate of drug-likeness (QED) is 0.800. The average molecular weight is 224 g/mol. The highest BCUT2D eigenvalue weighted by Gasteiger charge is 2.12. The van der Waals surface area contributed by atoms with Gasteiger partial charge in [-0.2, -0.15) is 0 Å². The number of hydrogen-bond donors (Lipinski definition) is 2. The topological polar surface area (TPSA) is 54.3 Å². The lowest BCUT2D eigenvalue weighted by Gasteiger charge is -2.09. The molecule has 0 saturated carbocycles. The average Bonchev–Trinajstić information content (AvgIpc) is 2.50. The zero-order valence-electron chi connectivity index (χ0n) is 10.4.